The number of hydrogen-bond acceptors (Lipinski definition) is 4. The minimum Gasteiger partial charge on any atom is -0.467 e. The van der Waals surface area contributed by atoms with Crippen LogP contribution in [0.2, 0.25) is 0 Å². The number of nitrogens with zero attached hydrogens (tertiary/aromatic N) is 2. The zero-order valence-electron chi connectivity index (χ0n) is 16.5. The van der Waals surface area contributed by atoms with Crippen molar-refractivity contribution in [2.45, 2.75) is 25.3 Å². The topological polar surface area (TPSA) is 59.0 Å². The Balaban J connectivity index is 1.49. The van der Waals surface area contributed by atoms with Crippen LogP contribution in [0.3, 0.4) is 0 Å². The molecule has 150 valence electrons. The molecule has 0 saturated heterocycles. The van der Waals surface area contributed by atoms with Crippen molar-refractivity contribution in [2.75, 3.05) is 0 Å². The molecule has 1 saturated carbocycles. The number of hydrazone groups is 1. The van der Waals surface area contributed by atoms with Crippen LogP contribution in [-0.2, 0) is 4.79 Å². The molecular formula is C25H22N2O3. The maximum atomic E-state index is 13.1. The van der Waals surface area contributed by atoms with E-state index in [0.29, 0.717) is 0 Å². The fourth-order valence-electron chi connectivity index (χ4n) is 4.27. The van der Waals surface area contributed by atoms with E-state index in [2.05, 4.69) is 0 Å². The van der Waals surface area contributed by atoms with E-state index in [1.54, 1.807) is 23.6 Å². The van der Waals surface area contributed by atoms with Crippen molar-refractivity contribution >= 4 is 23.8 Å². The molecule has 30 heavy (non-hydrogen) atoms. The normalized spacial score (nSPS) is 22.5. The number of benzene rings is 1. The SMILES string of the molecule is O=C(/C=C/c1ccccc1)N1N=C2/C(=C\c3ccco3)CCC[C@@H]2[C@@H]1c1ccco1. The van der Waals surface area contributed by atoms with E-state index in [1.807, 2.05) is 66.7 Å². The number of carbonyl (C=O) groups is 1. The number of rotatable bonds is 4. The lowest BCUT2D eigenvalue weighted by Crippen LogP contribution is -2.30. The van der Waals surface area contributed by atoms with Gasteiger partial charge in [0.1, 0.15) is 17.6 Å². The highest BCUT2D eigenvalue weighted by Gasteiger charge is 2.44. The molecule has 5 rings (SSSR count). The van der Waals surface area contributed by atoms with Crippen molar-refractivity contribution < 1.29 is 13.6 Å². The molecule has 0 bridgehead atoms. The van der Waals surface area contributed by atoms with Crippen LogP contribution in [0.25, 0.3) is 12.2 Å². The van der Waals surface area contributed by atoms with Gasteiger partial charge in [-0.1, -0.05) is 30.3 Å². The van der Waals surface area contributed by atoms with E-state index in [4.69, 9.17) is 13.9 Å². The minimum absolute atomic E-state index is 0.111. The molecule has 1 amide bonds. The van der Waals surface area contributed by atoms with Crippen molar-refractivity contribution in [1.82, 2.24) is 5.01 Å². The van der Waals surface area contributed by atoms with Crippen LogP contribution in [0.4, 0.5) is 0 Å². The van der Waals surface area contributed by atoms with Crippen LogP contribution < -0.4 is 0 Å². The fourth-order valence-corrected chi connectivity index (χ4v) is 4.27. The first-order valence-electron chi connectivity index (χ1n) is 10.2. The Morgan fingerprint density at radius 3 is 2.63 bits per heavy atom. The van der Waals surface area contributed by atoms with Crippen LogP contribution in [-0.4, -0.2) is 16.6 Å². The molecular weight excluding hydrogens is 376 g/mol. The van der Waals surface area contributed by atoms with Crippen LogP contribution >= 0.6 is 0 Å². The highest BCUT2D eigenvalue weighted by molar-refractivity contribution is 6.08. The molecule has 3 heterocycles. The first-order chi connectivity index (χ1) is 14.8. The molecule has 3 aromatic rings. The lowest BCUT2D eigenvalue weighted by atomic mass is 9.79. The summed E-state index contributed by atoms with van der Waals surface area (Å²) >= 11 is 0. The number of hydrogen-bond donors (Lipinski definition) is 0. The summed E-state index contributed by atoms with van der Waals surface area (Å²) in [4.78, 5) is 13.1. The van der Waals surface area contributed by atoms with Crippen LogP contribution in [0.1, 0.15) is 42.4 Å². The molecule has 1 aliphatic carbocycles. The van der Waals surface area contributed by atoms with E-state index >= 15 is 0 Å². The van der Waals surface area contributed by atoms with Gasteiger partial charge in [-0.05, 0) is 66.8 Å². The average molecular weight is 398 g/mol. The molecule has 0 spiro atoms. The fraction of sp³-hybridized carbons (Fsp3) is 0.200. The summed E-state index contributed by atoms with van der Waals surface area (Å²) in [5.74, 6) is 1.52. The monoisotopic (exact) mass is 398 g/mol. The Morgan fingerprint density at radius 2 is 1.87 bits per heavy atom. The Bertz CT molecular complexity index is 1090. The first kappa shape index (κ1) is 18.4. The number of carbonyl (C=O) groups excluding carboxylic acids is 1. The van der Waals surface area contributed by atoms with E-state index < -0.39 is 0 Å². The molecule has 2 aliphatic rings. The van der Waals surface area contributed by atoms with Crippen molar-refractivity contribution in [1.29, 1.82) is 0 Å². The third-order valence-electron chi connectivity index (χ3n) is 5.64. The third kappa shape index (κ3) is 3.54. The molecule has 2 aromatic heterocycles. The molecule has 5 heteroatoms. The second kappa shape index (κ2) is 8.03. The Morgan fingerprint density at radius 1 is 1.03 bits per heavy atom. The molecule has 1 aromatic carbocycles. The third-order valence-corrected chi connectivity index (χ3v) is 5.64. The largest absolute Gasteiger partial charge is 0.467 e. The van der Waals surface area contributed by atoms with E-state index in [-0.39, 0.29) is 17.9 Å². The molecule has 5 nitrogen and oxygen atoms in total. The smallest absolute Gasteiger partial charge is 0.267 e. The second-order valence-electron chi connectivity index (χ2n) is 7.56. The van der Waals surface area contributed by atoms with Gasteiger partial charge in [0, 0.05) is 12.0 Å². The summed E-state index contributed by atoms with van der Waals surface area (Å²) in [6.07, 6.45) is 11.7. The molecule has 1 fully saturated rings. The van der Waals surface area contributed by atoms with Crippen LogP contribution in [0.15, 0.2) is 92.7 Å². The first-order valence-corrected chi connectivity index (χ1v) is 10.2. The number of amides is 1. The van der Waals surface area contributed by atoms with Crippen molar-refractivity contribution in [3.05, 3.63) is 95.9 Å². The summed E-state index contributed by atoms with van der Waals surface area (Å²) in [6.45, 7) is 0. The summed E-state index contributed by atoms with van der Waals surface area (Å²) in [5, 5.41) is 6.38. The highest BCUT2D eigenvalue weighted by Crippen LogP contribution is 2.44. The predicted octanol–water partition coefficient (Wildman–Crippen LogP) is 5.71. The summed E-state index contributed by atoms with van der Waals surface area (Å²) < 4.78 is 11.2. The van der Waals surface area contributed by atoms with Gasteiger partial charge in [-0.2, -0.15) is 5.10 Å². The number of furan rings is 2. The Hall–Kier alpha value is -3.60. The van der Waals surface area contributed by atoms with Gasteiger partial charge >= 0.3 is 0 Å². The molecule has 0 N–H and O–H groups in total. The zero-order chi connectivity index (χ0) is 20.3. The van der Waals surface area contributed by atoms with Gasteiger partial charge in [-0.15, -0.1) is 0 Å². The van der Waals surface area contributed by atoms with Gasteiger partial charge in [0.2, 0.25) is 0 Å². The van der Waals surface area contributed by atoms with E-state index in [1.165, 1.54) is 0 Å². The van der Waals surface area contributed by atoms with Crippen LogP contribution in [0.5, 0.6) is 0 Å². The summed E-state index contributed by atoms with van der Waals surface area (Å²) in [7, 11) is 0. The highest BCUT2D eigenvalue weighted by atomic mass is 16.3. The van der Waals surface area contributed by atoms with Crippen molar-refractivity contribution in [3.63, 3.8) is 0 Å². The van der Waals surface area contributed by atoms with Crippen molar-refractivity contribution in [2.24, 2.45) is 11.0 Å². The molecule has 0 unspecified atom stereocenters. The number of allylic oxidation sites excluding steroid dienone is 1. The minimum atomic E-state index is -0.233. The average Bonchev–Trinajstić information content (AvgIpc) is 3.53. The maximum absolute atomic E-state index is 13.1. The second-order valence-corrected chi connectivity index (χ2v) is 7.56. The molecule has 1 aliphatic heterocycles. The van der Waals surface area contributed by atoms with Crippen LogP contribution in [0, 0.1) is 5.92 Å². The Labute approximate surface area is 175 Å². The summed E-state index contributed by atoms with van der Waals surface area (Å²) in [6, 6.07) is 17.1. The van der Waals surface area contributed by atoms with E-state index in [0.717, 1.165) is 47.6 Å². The lowest BCUT2D eigenvalue weighted by molar-refractivity contribution is -0.128. The van der Waals surface area contributed by atoms with Gasteiger partial charge in [0.05, 0.1) is 18.2 Å². The van der Waals surface area contributed by atoms with Gasteiger partial charge in [0.25, 0.3) is 5.91 Å². The van der Waals surface area contributed by atoms with Gasteiger partial charge < -0.3 is 8.83 Å². The van der Waals surface area contributed by atoms with Gasteiger partial charge in [0.15, 0.2) is 0 Å². The quantitative estimate of drug-likeness (QED) is 0.529. The van der Waals surface area contributed by atoms with Crippen molar-refractivity contribution in [3.8, 4) is 0 Å². The van der Waals surface area contributed by atoms with Gasteiger partial charge in [-0.3, -0.25) is 4.79 Å². The maximum Gasteiger partial charge on any atom is 0.267 e. The zero-order valence-corrected chi connectivity index (χ0v) is 16.5. The lowest BCUT2D eigenvalue weighted by Gasteiger charge is -2.27. The standard InChI is InChI=1S/C25H22N2O3/c28-23(14-13-18-7-2-1-3-8-18)27-25(22-12-6-16-30-22)21-11-4-9-19(24(21)26-27)17-20-10-5-15-29-20/h1-3,5-8,10,12-17,21,25H,4,9,11H2/b14-13+,19-17-/t21-,25+/m0/s1. The summed E-state index contributed by atoms with van der Waals surface area (Å²) in [5.41, 5.74) is 3.06. The van der Waals surface area contributed by atoms with Gasteiger partial charge in [-0.25, -0.2) is 5.01 Å². The predicted molar refractivity (Wildman–Crippen MR) is 115 cm³/mol. The Kier molecular flexibility index (Phi) is 4.93. The molecule has 2 atom stereocenters. The molecule has 0 radical (unpaired) electrons. The van der Waals surface area contributed by atoms with E-state index in [9.17, 15) is 4.79 Å². The number of fused-ring (bicyclic) bond motifs is 1.